The van der Waals surface area contributed by atoms with E-state index in [0.29, 0.717) is 0 Å². The summed E-state index contributed by atoms with van der Waals surface area (Å²) in [6.45, 7) is 2.02. The van der Waals surface area contributed by atoms with Crippen molar-refractivity contribution in [1.82, 2.24) is 9.97 Å². The smallest absolute Gasteiger partial charge is 0.100 e. The predicted molar refractivity (Wildman–Crippen MR) is 92.2 cm³/mol. The van der Waals surface area contributed by atoms with E-state index in [4.69, 9.17) is 0 Å². The third-order valence-electron chi connectivity index (χ3n) is 2.66. The Kier molecular flexibility index (Phi) is 5.32. The Labute approximate surface area is 140 Å². The van der Waals surface area contributed by atoms with Crippen molar-refractivity contribution >= 4 is 51.0 Å². The lowest BCUT2D eigenvalue weighted by atomic mass is 10.2. The molecule has 2 heterocycles. The molecule has 0 bridgehead atoms. The van der Waals surface area contributed by atoms with Crippen molar-refractivity contribution in [3.05, 3.63) is 55.2 Å². The molecule has 0 amide bonds. The Hall–Kier alpha value is -0.750. The zero-order valence-electron chi connectivity index (χ0n) is 10.7. The lowest BCUT2D eigenvalue weighted by Crippen LogP contribution is -1.87. The fraction of sp³-hybridized carbons (Fsp3) is 0.143. The van der Waals surface area contributed by atoms with Gasteiger partial charge in [0.25, 0.3) is 0 Å². The van der Waals surface area contributed by atoms with Crippen LogP contribution in [0, 0.1) is 6.92 Å². The van der Waals surface area contributed by atoms with Crippen LogP contribution in [0.4, 0.5) is 0 Å². The van der Waals surface area contributed by atoms with Gasteiger partial charge in [-0.1, -0.05) is 28.1 Å². The molecule has 0 aliphatic rings. The van der Waals surface area contributed by atoms with Gasteiger partial charge >= 0.3 is 0 Å². The van der Waals surface area contributed by atoms with Crippen molar-refractivity contribution in [2.24, 2.45) is 0 Å². The lowest BCUT2D eigenvalue weighted by molar-refractivity contribution is 1.08. The minimum atomic E-state index is 0. The molecule has 0 spiro atoms. The number of benzene rings is 1. The summed E-state index contributed by atoms with van der Waals surface area (Å²) in [6.07, 6.45) is 0.833. The van der Waals surface area contributed by atoms with Crippen LogP contribution in [-0.4, -0.2) is 9.97 Å². The van der Waals surface area contributed by atoms with Gasteiger partial charge in [0, 0.05) is 26.5 Å². The van der Waals surface area contributed by atoms with E-state index < -0.39 is 0 Å². The number of halogens is 2. The highest BCUT2D eigenvalue weighted by molar-refractivity contribution is 9.10. The van der Waals surface area contributed by atoms with Gasteiger partial charge in [0.2, 0.25) is 0 Å². The molecule has 0 aliphatic carbocycles. The molecule has 0 saturated heterocycles. The third-order valence-corrected chi connectivity index (χ3v) is 5.00. The first-order chi connectivity index (χ1) is 9.20. The van der Waals surface area contributed by atoms with Crippen LogP contribution in [0.25, 0.3) is 11.3 Å². The first-order valence-electron chi connectivity index (χ1n) is 5.82. The van der Waals surface area contributed by atoms with Crippen LogP contribution in [0.1, 0.15) is 15.7 Å². The standard InChI is InChI=1S/C14H11BrN2S2.ClH/c1-9-7-18-13(16-9)6-14-17-12(8-19-14)10-2-4-11(15)5-3-10;/h2-5,7-8H,6H2,1H3;1H. The average Bonchev–Trinajstić information content (AvgIpc) is 3.00. The molecule has 20 heavy (non-hydrogen) atoms. The molecule has 6 heteroatoms. The van der Waals surface area contributed by atoms with E-state index in [2.05, 4.69) is 48.8 Å². The molecule has 3 aromatic rings. The highest BCUT2D eigenvalue weighted by Gasteiger charge is 2.07. The summed E-state index contributed by atoms with van der Waals surface area (Å²) in [5, 5.41) is 6.44. The number of thiazole rings is 2. The topological polar surface area (TPSA) is 25.8 Å². The van der Waals surface area contributed by atoms with Crippen molar-refractivity contribution in [1.29, 1.82) is 0 Å². The van der Waals surface area contributed by atoms with Gasteiger partial charge in [0.1, 0.15) is 5.01 Å². The Morgan fingerprint density at radius 1 is 1.00 bits per heavy atom. The Morgan fingerprint density at radius 2 is 1.65 bits per heavy atom. The van der Waals surface area contributed by atoms with Gasteiger partial charge in [0.15, 0.2) is 0 Å². The van der Waals surface area contributed by atoms with Gasteiger partial charge in [-0.15, -0.1) is 35.1 Å². The van der Waals surface area contributed by atoms with Crippen molar-refractivity contribution in [2.75, 3.05) is 0 Å². The van der Waals surface area contributed by atoms with Crippen LogP contribution in [0.3, 0.4) is 0 Å². The van der Waals surface area contributed by atoms with E-state index >= 15 is 0 Å². The molecular weight excluding hydrogens is 376 g/mol. The molecular formula is C14H12BrClN2S2. The summed E-state index contributed by atoms with van der Waals surface area (Å²) in [5.74, 6) is 0. The molecule has 0 radical (unpaired) electrons. The Morgan fingerprint density at radius 3 is 2.30 bits per heavy atom. The summed E-state index contributed by atoms with van der Waals surface area (Å²) in [6, 6.07) is 8.24. The van der Waals surface area contributed by atoms with Gasteiger partial charge in [-0.2, -0.15) is 0 Å². The molecule has 104 valence electrons. The zero-order chi connectivity index (χ0) is 13.2. The van der Waals surface area contributed by atoms with Crippen molar-refractivity contribution in [3.63, 3.8) is 0 Å². The molecule has 0 aliphatic heterocycles. The minimum absolute atomic E-state index is 0. The summed E-state index contributed by atoms with van der Waals surface area (Å²) in [4.78, 5) is 9.16. The van der Waals surface area contributed by atoms with Crippen LogP contribution >= 0.6 is 51.0 Å². The molecule has 2 aromatic heterocycles. The van der Waals surface area contributed by atoms with Gasteiger partial charge < -0.3 is 0 Å². The fourth-order valence-corrected chi connectivity index (χ4v) is 3.70. The van der Waals surface area contributed by atoms with Crippen molar-refractivity contribution in [3.8, 4) is 11.3 Å². The quantitative estimate of drug-likeness (QED) is 0.605. The second kappa shape index (κ2) is 6.80. The summed E-state index contributed by atoms with van der Waals surface area (Å²) in [5.41, 5.74) is 3.28. The molecule has 0 saturated carbocycles. The first kappa shape index (κ1) is 15.6. The number of nitrogens with zero attached hydrogens (tertiary/aromatic N) is 2. The maximum absolute atomic E-state index is 4.68. The third kappa shape index (κ3) is 3.67. The number of rotatable bonds is 3. The van der Waals surface area contributed by atoms with E-state index in [1.807, 2.05) is 19.1 Å². The Balaban J connectivity index is 0.00000147. The maximum atomic E-state index is 4.68. The minimum Gasteiger partial charge on any atom is -0.246 e. The van der Waals surface area contributed by atoms with E-state index in [9.17, 15) is 0 Å². The van der Waals surface area contributed by atoms with Crippen LogP contribution in [0.2, 0.25) is 0 Å². The zero-order valence-corrected chi connectivity index (χ0v) is 14.7. The second-order valence-electron chi connectivity index (χ2n) is 4.19. The summed E-state index contributed by atoms with van der Waals surface area (Å²) < 4.78 is 1.09. The molecule has 0 fully saturated rings. The Bertz CT molecular complexity index is 691. The number of aryl methyl sites for hydroxylation is 1. The summed E-state index contributed by atoms with van der Waals surface area (Å²) >= 11 is 6.84. The number of hydrogen-bond donors (Lipinski definition) is 0. The van der Waals surface area contributed by atoms with Crippen LogP contribution in [0.15, 0.2) is 39.5 Å². The molecule has 3 rings (SSSR count). The van der Waals surface area contributed by atoms with E-state index in [1.165, 1.54) is 0 Å². The maximum Gasteiger partial charge on any atom is 0.100 e. The van der Waals surface area contributed by atoms with Crippen molar-refractivity contribution < 1.29 is 0 Å². The summed E-state index contributed by atoms with van der Waals surface area (Å²) in [7, 11) is 0. The second-order valence-corrected chi connectivity index (χ2v) is 6.99. The van der Waals surface area contributed by atoms with Crippen LogP contribution in [0.5, 0.6) is 0 Å². The molecule has 2 nitrogen and oxygen atoms in total. The molecule has 0 atom stereocenters. The van der Waals surface area contributed by atoms with Crippen molar-refractivity contribution in [2.45, 2.75) is 13.3 Å². The van der Waals surface area contributed by atoms with Gasteiger partial charge in [-0.25, -0.2) is 9.97 Å². The van der Waals surface area contributed by atoms with E-state index in [-0.39, 0.29) is 12.4 Å². The van der Waals surface area contributed by atoms with E-state index in [0.717, 1.165) is 37.9 Å². The SMILES string of the molecule is Cc1csc(Cc2nc(-c3ccc(Br)cc3)cs2)n1.Cl. The predicted octanol–water partition coefficient (Wildman–Crippen LogP) is 5.35. The number of hydrogen-bond acceptors (Lipinski definition) is 4. The lowest BCUT2D eigenvalue weighted by Gasteiger charge is -1.96. The van der Waals surface area contributed by atoms with Gasteiger partial charge in [-0.3, -0.25) is 0 Å². The first-order valence-corrected chi connectivity index (χ1v) is 8.37. The van der Waals surface area contributed by atoms with Crippen LogP contribution in [-0.2, 0) is 6.42 Å². The normalized spacial score (nSPS) is 10.3. The molecule has 0 N–H and O–H groups in total. The highest BCUT2D eigenvalue weighted by Crippen LogP contribution is 2.25. The van der Waals surface area contributed by atoms with Gasteiger partial charge in [-0.05, 0) is 19.1 Å². The van der Waals surface area contributed by atoms with Crippen LogP contribution < -0.4 is 0 Å². The monoisotopic (exact) mass is 386 g/mol. The van der Waals surface area contributed by atoms with E-state index in [1.54, 1.807) is 22.7 Å². The largest absolute Gasteiger partial charge is 0.246 e. The molecule has 1 aromatic carbocycles. The fourth-order valence-electron chi connectivity index (χ4n) is 1.76. The molecule has 0 unspecified atom stereocenters. The van der Waals surface area contributed by atoms with Gasteiger partial charge in [0.05, 0.1) is 17.1 Å². The average molecular weight is 388 g/mol. The number of aromatic nitrogens is 2. The highest BCUT2D eigenvalue weighted by atomic mass is 79.9.